The fourth-order valence-electron chi connectivity index (χ4n) is 2.54. The van der Waals surface area contributed by atoms with Gasteiger partial charge in [0.15, 0.2) is 0 Å². The normalized spacial score (nSPS) is 20.4. The van der Waals surface area contributed by atoms with Crippen LogP contribution in [-0.2, 0) is 10.0 Å². The first kappa shape index (κ1) is 13.7. The maximum atomic E-state index is 12.9. The molecule has 3 nitrogen and oxygen atoms in total. The molecule has 0 amide bonds. The summed E-state index contributed by atoms with van der Waals surface area (Å²) in [5, 5.41) is 1.95. The highest BCUT2D eigenvalue weighted by atomic mass is 32.2. The predicted molar refractivity (Wildman–Crippen MR) is 76.6 cm³/mol. The number of benzene rings is 1. The summed E-state index contributed by atoms with van der Waals surface area (Å²) in [6.07, 6.45) is 1.68. The van der Waals surface area contributed by atoms with Crippen LogP contribution in [0, 0.1) is 5.82 Å². The molecular weight excluding hydrogens is 297 g/mol. The van der Waals surface area contributed by atoms with E-state index in [2.05, 4.69) is 0 Å². The third-order valence-corrected chi connectivity index (χ3v) is 6.39. The van der Waals surface area contributed by atoms with Gasteiger partial charge in [-0.1, -0.05) is 6.07 Å². The summed E-state index contributed by atoms with van der Waals surface area (Å²) in [4.78, 5) is 1.22. The molecule has 1 fully saturated rings. The van der Waals surface area contributed by atoms with E-state index in [1.54, 1.807) is 11.3 Å². The monoisotopic (exact) mass is 311 g/mol. The molecule has 0 bridgehead atoms. The Labute approximate surface area is 121 Å². The van der Waals surface area contributed by atoms with Crippen molar-refractivity contribution in [2.24, 2.45) is 0 Å². The summed E-state index contributed by atoms with van der Waals surface area (Å²) in [6, 6.07) is 8.83. The molecular formula is C14H14FNO2S2. The average molecular weight is 311 g/mol. The van der Waals surface area contributed by atoms with Crippen LogP contribution in [0.3, 0.4) is 0 Å². The summed E-state index contributed by atoms with van der Waals surface area (Å²) in [5.74, 6) is -0.430. The van der Waals surface area contributed by atoms with Crippen LogP contribution in [0.5, 0.6) is 0 Å². The van der Waals surface area contributed by atoms with Crippen molar-refractivity contribution in [3.05, 3.63) is 52.5 Å². The highest BCUT2D eigenvalue weighted by Crippen LogP contribution is 2.38. The van der Waals surface area contributed by atoms with Crippen LogP contribution in [0.1, 0.15) is 23.8 Å². The van der Waals surface area contributed by atoms with Crippen molar-refractivity contribution < 1.29 is 12.8 Å². The van der Waals surface area contributed by atoms with E-state index in [0.717, 1.165) is 17.7 Å². The highest BCUT2D eigenvalue weighted by Gasteiger charge is 2.36. The van der Waals surface area contributed by atoms with Crippen molar-refractivity contribution in [3.8, 4) is 0 Å². The van der Waals surface area contributed by atoms with Gasteiger partial charge >= 0.3 is 0 Å². The number of halogens is 1. The number of thiophene rings is 1. The molecule has 1 unspecified atom stereocenters. The first-order valence-corrected chi connectivity index (χ1v) is 8.72. The van der Waals surface area contributed by atoms with E-state index in [9.17, 15) is 12.8 Å². The van der Waals surface area contributed by atoms with Crippen LogP contribution in [0.25, 0.3) is 0 Å². The van der Waals surface area contributed by atoms with E-state index in [-0.39, 0.29) is 10.9 Å². The number of rotatable bonds is 3. The number of sulfonamides is 1. The fourth-order valence-corrected chi connectivity index (χ4v) is 5.15. The number of nitrogens with zero attached hydrogens (tertiary/aromatic N) is 1. The lowest BCUT2D eigenvalue weighted by atomic mass is 10.2. The molecule has 0 radical (unpaired) electrons. The second kappa shape index (κ2) is 5.27. The third kappa shape index (κ3) is 2.39. The van der Waals surface area contributed by atoms with Gasteiger partial charge in [0.05, 0.1) is 10.9 Å². The summed E-state index contributed by atoms with van der Waals surface area (Å²) < 4.78 is 39.8. The van der Waals surface area contributed by atoms with Gasteiger partial charge in [-0.3, -0.25) is 0 Å². The average Bonchev–Trinajstić information content (AvgIpc) is 3.10. The van der Waals surface area contributed by atoms with Crippen LogP contribution in [-0.4, -0.2) is 19.3 Å². The Hall–Kier alpha value is -1.24. The fraction of sp³-hybridized carbons (Fsp3) is 0.286. The Bertz CT molecular complexity index is 680. The Morgan fingerprint density at radius 2 is 1.95 bits per heavy atom. The van der Waals surface area contributed by atoms with E-state index in [0.29, 0.717) is 6.54 Å². The Morgan fingerprint density at radius 1 is 1.20 bits per heavy atom. The van der Waals surface area contributed by atoms with E-state index in [1.165, 1.54) is 28.6 Å². The van der Waals surface area contributed by atoms with Crippen molar-refractivity contribution in [2.75, 3.05) is 6.54 Å². The minimum atomic E-state index is -3.56. The molecule has 1 aliphatic rings. The smallest absolute Gasteiger partial charge is 0.207 e. The maximum absolute atomic E-state index is 12.9. The van der Waals surface area contributed by atoms with E-state index < -0.39 is 15.8 Å². The van der Waals surface area contributed by atoms with Crippen molar-refractivity contribution in [1.29, 1.82) is 0 Å². The lowest BCUT2D eigenvalue weighted by Gasteiger charge is -2.23. The van der Waals surface area contributed by atoms with Crippen molar-refractivity contribution in [2.45, 2.75) is 23.8 Å². The Morgan fingerprint density at radius 3 is 2.60 bits per heavy atom. The molecule has 1 aromatic carbocycles. The summed E-state index contributed by atoms with van der Waals surface area (Å²) in [7, 11) is -3.56. The SMILES string of the molecule is O=S(=O)(c1ccc(F)cc1)N1CCCC1c1cccs1. The zero-order valence-corrected chi connectivity index (χ0v) is 12.3. The Balaban J connectivity index is 1.96. The standard InChI is InChI=1S/C14H14FNO2S2/c15-11-5-7-12(8-6-11)20(17,18)16-9-1-3-13(16)14-4-2-10-19-14/h2,4-8,10,13H,1,3,9H2. The molecule has 20 heavy (non-hydrogen) atoms. The van der Waals surface area contributed by atoms with Crippen LogP contribution in [0.15, 0.2) is 46.7 Å². The van der Waals surface area contributed by atoms with E-state index in [4.69, 9.17) is 0 Å². The first-order valence-electron chi connectivity index (χ1n) is 6.40. The van der Waals surface area contributed by atoms with Gasteiger partial charge in [0.2, 0.25) is 10.0 Å². The third-order valence-electron chi connectivity index (χ3n) is 3.50. The molecule has 106 valence electrons. The lowest BCUT2D eigenvalue weighted by molar-refractivity contribution is 0.401. The summed E-state index contributed by atoms with van der Waals surface area (Å²) in [5.41, 5.74) is 0. The van der Waals surface area contributed by atoms with Gasteiger partial charge in [-0.15, -0.1) is 11.3 Å². The Kier molecular flexibility index (Phi) is 3.62. The van der Waals surface area contributed by atoms with Crippen molar-refractivity contribution in [3.63, 3.8) is 0 Å². The summed E-state index contributed by atoms with van der Waals surface area (Å²) >= 11 is 1.57. The van der Waals surface area contributed by atoms with Gasteiger partial charge in [0, 0.05) is 11.4 Å². The van der Waals surface area contributed by atoms with Gasteiger partial charge in [0.1, 0.15) is 5.82 Å². The molecule has 6 heteroatoms. The molecule has 0 saturated carbocycles. The first-order chi connectivity index (χ1) is 9.59. The van der Waals surface area contributed by atoms with Crippen LogP contribution < -0.4 is 0 Å². The van der Waals surface area contributed by atoms with Gasteiger partial charge in [-0.25, -0.2) is 12.8 Å². The lowest BCUT2D eigenvalue weighted by Crippen LogP contribution is -2.30. The van der Waals surface area contributed by atoms with E-state index >= 15 is 0 Å². The molecule has 0 N–H and O–H groups in total. The minimum Gasteiger partial charge on any atom is -0.207 e. The largest absolute Gasteiger partial charge is 0.243 e. The molecule has 2 heterocycles. The zero-order valence-electron chi connectivity index (χ0n) is 10.7. The van der Waals surface area contributed by atoms with Crippen molar-refractivity contribution >= 4 is 21.4 Å². The second-order valence-corrected chi connectivity index (χ2v) is 7.61. The van der Waals surface area contributed by atoms with Crippen molar-refractivity contribution in [1.82, 2.24) is 4.31 Å². The summed E-state index contributed by atoms with van der Waals surface area (Å²) in [6.45, 7) is 0.516. The molecule has 0 aliphatic carbocycles. The maximum Gasteiger partial charge on any atom is 0.243 e. The van der Waals surface area contributed by atoms with Gasteiger partial charge in [-0.05, 0) is 48.6 Å². The molecule has 0 spiro atoms. The van der Waals surface area contributed by atoms with E-state index in [1.807, 2.05) is 17.5 Å². The molecule has 1 saturated heterocycles. The van der Waals surface area contributed by atoms with Gasteiger partial charge in [-0.2, -0.15) is 4.31 Å². The quantitative estimate of drug-likeness (QED) is 0.871. The molecule has 1 atom stereocenters. The van der Waals surface area contributed by atoms with Crippen LogP contribution in [0.2, 0.25) is 0 Å². The number of hydrogen-bond donors (Lipinski definition) is 0. The molecule has 2 aromatic rings. The zero-order chi connectivity index (χ0) is 14.2. The van der Waals surface area contributed by atoms with Gasteiger partial charge in [0.25, 0.3) is 0 Å². The minimum absolute atomic E-state index is 0.0925. The van der Waals surface area contributed by atoms with Crippen LogP contribution >= 0.6 is 11.3 Å². The molecule has 1 aromatic heterocycles. The topological polar surface area (TPSA) is 37.4 Å². The molecule has 3 rings (SSSR count). The van der Waals surface area contributed by atoms with Crippen LogP contribution in [0.4, 0.5) is 4.39 Å². The van der Waals surface area contributed by atoms with Gasteiger partial charge < -0.3 is 0 Å². The predicted octanol–water partition coefficient (Wildman–Crippen LogP) is 3.41. The molecule has 1 aliphatic heterocycles. The second-order valence-electron chi connectivity index (χ2n) is 4.74. The highest BCUT2D eigenvalue weighted by molar-refractivity contribution is 7.89. The number of hydrogen-bond acceptors (Lipinski definition) is 3.